The van der Waals surface area contributed by atoms with Crippen molar-refractivity contribution in [1.29, 1.82) is 0 Å². The predicted octanol–water partition coefficient (Wildman–Crippen LogP) is 0.625. The minimum atomic E-state index is -1.34. The van der Waals surface area contributed by atoms with Crippen LogP contribution in [0.25, 0.3) is 0 Å². The van der Waals surface area contributed by atoms with Gasteiger partial charge in [-0.3, -0.25) is 0 Å². The summed E-state index contributed by atoms with van der Waals surface area (Å²) in [4.78, 5) is 17.0. The lowest BCUT2D eigenvalue weighted by molar-refractivity contribution is -0.148. The zero-order chi connectivity index (χ0) is 12.6. The second-order valence-electron chi connectivity index (χ2n) is 4.70. The summed E-state index contributed by atoms with van der Waals surface area (Å²) in [6, 6.07) is 3.69. The summed E-state index contributed by atoms with van der Waals surface area (Å²) in [5.74, 6) is -0.353. The van der Waals surface area contributed by atoms with Gasteiger partial charge in [-0.2, -0.15) is 0 Å². The monoisotopic (exact) mass is 236 g/mol. The summed E-state index contributed by atoms with van der Waals surface area (Å²) in [5.41, 5.74) is 0.182. The van der Waals surface area contributed by atoms with E-state index in [-0.39, 0.29) is 0 Å². The number of aliphatic carboxylic acids is 1. The summed E-state index contributed by atoms with van der Waals surface area (Å²) in [6.45, 7) is 0. The molecule has 1 unspecified atom stereocenters. The third kappa shape index (κ3) is 1.98. The summed E-state index contributed by atoms with van der Waals surface area (Å²) >= 11 is 0. The molecule has 0 saturated heterocycles. The van der Waals surface area contributed by atoms with Crippen LogP contribution < -0.4 is 4.90 Å². The average molecular weight is 236 g/mol. The maximum atomic E-state index is 10.9. The molecule has 2 N–H and O–H groups in total. The molecule has 2 rings (SSSR count). The van der Waals surface area contributed by atoms with E-state index in [1.165, 1.54) is 0 Å². The topological polar surface area (TPSA) is 73.7 Å². The van der Waals surface area contributed by atoms with E-state index in [9.17, 15) is 9.90 Å². The van der Waals surface area contributed by atoms with Crippen LogP contribution in [0.5, 0.6) is 0 Å². The van der Waals surface area contributed by atoms with E-state index < -0.39 is 17.5 Å². The van der Waals surface area contributed by atoms with Crippen LogP contribution in [0.1, 0.15) is 18.4 Å². The quantitative estimate of drug-likeness (QED) is 0.802. The Morgan fingerprint density at radius 2 is 2.12 bits per heavy atom. The van der Waals surface area contributed by atoms with Crippen molar-refractivity contribution in [3.05, 3.63) is 23.9 Å². The SMILES string of the molecule is CN(C)c1ccc(C2(C(O)C(=O)O)CC2)cn1. The number of carboxylic acid groups (broad SMARTS) is 1. The number of aliphatic hydroxyl groups is 1. The van der Waals surface area contributed by atoms with Gasteiger partial charge in [0, 0.05) is 25.7 Å². The van der Waals surface area contributed by atoms with Crippen LogP contribution in [0.4, 0.5) is 5.82 Å². The Hall–Kier alpha value is -1.62. The number of carbonyl (C=O) groups is 1. The van der Waals surface area contributed by atoms with Gasteiger partial charge in [0.25, 0.3) is 0 Å². The lowest BCUT2D eigenvalue weighted by Gasteiger charge is -2.19. The smallest absolute Gasteiger partial charge is 0.333 e. The highest BCUT2D eigenvalue weighted by Crippen LogP contribution is 2.51. The predicted molar refractivity (Wildman–Crippen MR) is 63.1 cm³/mol. The second-order valence-corrected chi connectivity index (χ2v) is 4.70. The Morgan fingerprint density at radius 3 is 2.47 bits per heavy atom. The molecule has 5 heteroatoms. The Labute approximate surface area is 99.7 Å². The highest BCUT2D eigenvalue weighted by atomic mass is 16.4. The van der Waals surface area contributed by atoms with Crippen LogP contribution in [0, 0.1) is 0 Å². The van der Waals surface area contributed by atoms with Gasteiger partial charge in [0.2, 0.25) is 0 Å². The normalized spacial score (nSPS) is 18.5. The fraction of sp³-hybridized carbons (Fsp3) is 0.500. The molecular weight excluding hydrogens is 220 g/mol. The molecule has 1 saturated carbocycles. The van der Waals surface area contributed by atoms with E-state index in [2.05, 4.69) is 4.98 Å². The maximum Gasteiger partial charge on any atom is 0.333 e. The standard InChI is InChI=1S/C12H16N2O3/c1-14(2)9-4-3-8(7-13-9)12(5-6-12)10(15)11(16)17/h3-4,7,10,15H,5-6H2,1-2H3,(H,16,17). The molecule has 1 aliphatic carbocycles. The van der Waals surface area contributed by atoms with Crippen molar-refractivity contribution in [3.63, 3.8) is 0 Å². The van der Waals surface area contributed by atoms with Crippen LogP contribution in [0.3, 0.4) is 0 Å². The molecule has 1 aliphatic rings. The minimum Gasteiger partial charge on any atom is -0.479 e. The first-order valence-corrected chi connectivity index (χ1v) is 5.52. The van der Waals surface area contributed by atoms with Crippen LogP contribution in [-0.2, 0) is 10.2 Å². The first-order chi connectivity index (χ1) is 7.97. The van der Waals surface area contributed by atoms with Gasteiger partial charge in [-0.1, -0.05) is 6.07 Å². The van der Waals surface area contributed by atoms with Crippen LogP contribution >= 0.6 is 0 Å². The molecule has 1 atom stereocenters. The molecule has 1 fully saturated rings. The number of aromatic nitrogens is 1. The zero-order valence-corrected chi connectivity index (χ0v) is 9.92. The van der Waals surface area contributed by atoms with Crippen LogP contribution in [-0.4, -0.2) is 41.4 Å². The minimum absolute atomic E-state index is 0.621. The Morgan fingerprint density at radius 1 is 1.47 bits per heavy atom. The molecule has 0 bridgehead atoms. The van der Waals surface area contributed by atoms with Gasteiger partial charge < -0.3 is 15.1 Å². The average Bonchev–Trinajstić information content (AvgIpc) is 3.09. The van der Waals surface area contributed by atoms with Gasteiger partial charge >= 0.3 is 5.97 Å². The third-order valence-corrected chi connectivity index (χ3v) is 3.33. The number of carboxylic acids is 1. The molecular formula is C12H16N2O3. The summed E-state index contributed by atoms with van der Waals surface area (Å²) in [5, 5.41) is 18.6. The highest BCUT2D eigenvalue weighted by molar-refractivity contribution is 5.75. The molecule has 0 radical (unpaired) electrons. The van der Waals surface area contributed by atoms with E-state index in [1.807, 2.05) is 31.1 Å². The van der Waals surface area contributed by atoms with Crippen LogP contribution in [0.2, 0.25) is 0 Å². The first-order valence-electron chi connectivity index (χ1n) is 5.52. The van der Waals surface area contributed by atoms with Crippen molar-refractivity contribution >= 4 is 11.8 Å². The Balaban J connectivity index is 2.26. The first kappa shape index (κ1) is 11.9. The number of hydrogen-bond donors (Lipinski definition) is 2. The number of hydrogen-bond acceptors (Lipinski definition) is 4. The molecule has 0 aromatic carbocycles. The second kappa shape index (κ2) is 4.00. The van der Waals surface area contributed by atoms with Crippen molar-refractivity contribution in [2.24, 2.45) is 0 Å². The lowest BCUT2D eigenvalue weighted by Crippen LogP contribution is -2.34. The fourth-order valence-electron chi connectivity index (χ4n) is 2.04. The summed E-state index contributed by atoms with van der Waals surface area (Å²) < 4.78 is 0. The van der Waals surface area contributed by atoms with E-state index in [0.29, 0.717) is 12.8 Å². The zero-order valence-electron chi connectivity index (χ0n) is 9.92. The summed E-state index contributed by atoms with van der Waals surface area (Å²) in [6.07, 6.45) is 1.72. The van der Waals surface area contributed by atoms with Gasteiger partial charge in [-0.25, -0.2) is 9.78 Å². The van der Waals surface area contributed by atoms with Crippen molar-refractivity contribution in [2.45, 2.75) is 24.4 Å². The fourth-order valence-corrected chi connectivity index (χ4v) is 2.04. The highest BCUT2D eigenvalue weighted by Gasteiger charge is 2.53. The van der Waals surface area contributed by atoms with Crippen molar-refractivity contribution in [3.8, 4) is 0 Å². The molecule has 0 aliphatic heterocycles. The molecule has 92 valence electrons. The third-order valence-electron chi connectivity index (χ3n) is 3.33. The Kier molecular flexibility index (Phi) is 2.79. The van der Waals surface area contributed by atoms with Crippen molar-refractivity contribution in [2.75, 3.05) is 19.0 Å². The van der Waals surface area contributed by atoms with Gasteiger partial charge in [0.05, 0.1) is 0 Å². The number of anilines is 1. The van der Waals surface area contributed by atoms with Crippen LogP contribution in [0.15, 0.2) is 18.3 Å². The molecule has 1 heterocycles. The lowest BCUT2D eigenvalue weighted by atomic mass is 9.91. The van der Waals surface area contributed by atoms with Gasteiger partial charge in [-0.15, -0.1) is 0 Å². The van der Waals surface area contributed by atoms with Gasteiger partial charge in [0.1, 0.15) is 5.82 Å². The van der Waals surface area contributed by atoms with Gasteiger partial charge in [0.15, 0.2) is 6.10 Å². The molecule has 0 spiro atoms. The van der Waals surface area contributed by atoms with E-state index in [0.717, 1.165) is 11.4 Å². The van der Waals surface area contributed by atoms with E-state index in [4.69, 9.17) is 5.11 Å². The maximum absolute atomic E-state index is 10.9. The van der Waals surface area contributed by atoms with Gasteiger partial charge in [-0.05, 0) is 24.5 Å². The molecule has 17 heavy (non-hydrogen) atoms. The van der Waals surface area contributed by atoms with Crippen molar-refractivity contribution in [1.82, 2.24) is 4.98 Å². The molecule has 1 aromatic rings. The molecule has 5 nitrogen and oxygen atoms in total. The van der Waals surface area contributed by atoms with E-state index in [1.54, 1.807) is 6.20 Å². The molecule has 0 amide bonds. The molecule has 1 aromatic heterocycles. The van der Waals surface area contributed by atoms with E-state index >= 15 is 0 Å². The number of pyridine rings is 1. The summed E-state index contributed by atoms with van der Waals surface area (Å²) in [7, 11) is 3.78. The van der Waals surface area contributed by atoms with Crippen molar-refractivity contribution < 1.29 is 15.0 Å². The number of rotatable bonds is 4. The Bertz CT molecular complexity index is 424. The number of nitrogens with zero attached hydrogens (tertiary/aromatic N) is 2. The largest absolute Gasteiger partial charge is 0.479 e. The number of aliphatic hydroxyl groups excluding tert-OH is 1.